The zero-order valence-corrected chi connectivity index (χ0v) is 19.9. The Morgan fingerprint density at radius 1 is 0.971 bits per heavy atom. The van der Waals surface area contributed by atoms with E-state index in [1.165, 1.54) is 0 Å². The van der Waals surface area contributed by atoms with Gasteiger partial charge in [0.25, 0.3) is 0 Å². The first-order chi connectivity index (χ1) is 16.5. The van der Waals surface area contributed by atoms with E-state index in [1.807, 2.05) is 43.3 Å². The van der Waals surface area contributed by atoms with Crippen LogP contribution in [0.1, 0.15) is 48.9 Å². The molecule has 0 saturated heterocycles. The molecular formula is C26H30N6O2. The smallest absolute Gasteiger partial charge is 0.131 e. The van der Waals surface area contributed by atoms with Gasteiger partial charge in [0.2, 0.25) is 0 Å². The van der Waals surface area contributed by atoms with Crippen LogP contribution in [0.3, 0.4) is 0 Å². The predicted molar refractivity (Wildman–Crippen MR) is 133 cm³/mol. The molecule has 1 aromatic carbocycles. The van der Waals surface area contributed by atoms with Crippen LogP contribution in [0.5, 0.6) is 0 Å². The Morgan fingerprint density at radius 2 is 1.79 bits per heavy atom. The molecule has 0 aliphatic rings. The number of aliphatic hydroxyl groups is 1. The van der Waals surface area contributed by atoms with Crippen LogP contribution in [0.4, 0.5) is 5.82 Å². The summed E-state index contributed by atoms with van der Waals surface area (Å²) in [6, 6.07) is 13.8. The minimum absolute atomic E-state index is 0.0933. The molecule has 8 heteroatoms. The minimum Gasteiger partial charge on any atom is -0.375 e. The number of rotatable bonds is 9. The fraction of sp³-hybridized carbons (Fsp3) is 0.308. The zero-order chi connectivity index (χ0) is 24.1. The molecule has 3 atom stereocenters. The monoisotopic (exact) mass is 458 g/mol. The molecule has 0 saturated carbocycles. The number of benzene rings is 1. The van der Waals surface area contributed by atoms with E-state index >= 15 is 0 Å². The number of pyridine rings is 2. The van der Waals surface area contributed by atoms with Crippen LogP contribution in [0, 0.1) is 0 Å². The number of nitrogens with zero attached hydrogens (tertiary/aromatic N) is 4. The summed E-state index contributed by atoms with van der Waals surface area (Å²) in [7, 11) is 3.40. The Hall–Kier alpha value is -3.46. The van der Waals surface area contributed by atoms with Crippen molar-refractivity contribution in [3.05, 3.63) is 78.0 Å². The van der Waals surface area contributed by atoms with Crippen LogP contribution in [-0.4, -0.2) is 45.7 Å². The summed E-state index contributed by atoms with van der Waals surface area (Å²) in [4.78, 5) is 17.8. The molecule has 4 rings (SSSR count). The summed E-state index contributed by atoms with van der Waals surface area (Å²) in [5, 5.41) is 17.6. The van der Waals surface area contributed by atoms with E-state index in [1.54, 1.807) is 32.9 Å². The number of hydrogen-bond donors (Lipinski definition) is 3. The second kappa shape index (κ2) is 10.6. The van der Waals surface area contributed by atoms with Crippen LogP contribution in [0.25, 0.3) is 22.2 Å². The highest BCUT2D eigenvalue weighted by Crippen LogP contribution is 2.29. The quantitative estimate of drug-likeness (QED) is 0.320. The zero-order valence-electron chi connectivity index (χ0n) is 19.9. The van der Waals surface area contributed by atoms with Gasteiger partial charge in [0, 0.05) is 54.5 Å². The maximum atomic E-state index is 10.3. The van der Waals surface area contributed by atoms with Gasteiger partial charge in [-0.1, -0.05) is 25.1 Å². The molecule has 1 unspecified atom stereocenters. The maximum absolute atomic E-state index is 10.3. The molecule has 0 spiro atoms. The van der Waals surface area contributed by atoms with Gasteiger partial charge in [-0.3, -0.25) is 15.3 Å². The van der Waals surface area contributed by atoms with Crippen LogP contribution in [0.15, 0.2) is 61.2 Å². The highest BCUT2D eigenvalue weighted by atomic mass is 16.5. The van der Waals surface area contributed by atoms with Gasteiger partial charge in [0.15, 0.2) is 0 Å². The molecule has 3 heterocycles. The topological polar surface area (TPSA) is 105 Å². The minimum atomic E-state index is -0.741. The number of aliphatic hydroxyl groups excluding tert-OH is 1. The van der Waals surface area contributed by atoms with Crippen molar-refractivity contribution in [2.24, 2.45) is 0 Å². The Labute approximate surface area is 199 Å². The number of aromatic nitrogens is 4. The predicted octanol–water partition coefficient (Wildman–Crippen LogP) is 4.22. The largest absolute Gasteiger partial charge is 0.375 e. The second-order valence-corrected chi connectivity index (χ2v) is 8.25. The highest BCUT2D eigenvalue weighted by Gasteiger charge is 2.15. The van der Waals surface area contributed by atoms with Crippen molar-refractivity contribution in [3.8, 4) is 11.3 Å². The first-order valence-electron chi connectivity index (χ1n) is 11.3. The Bertz CT molecular complexity index is 1260. The van der Waals surface area contributed by atoms with Gasteiger partial charge < -0.3 is 15.2 Å². The van der Waals surface area contributed by atoms with Crippen molar-refractivity contribution >= 4 is 16.7 Å². The third-order valence-corrected chi connectivity index (χ3v) is 6.04. The summed E-state index contributed by atoms with van der Waals surface area (Å²) in [5.41, 5.74) is 5.44. The van der Waals surface area contributed by atoms with E-state index in [0.717, 1.165) is 44.8 Å². The lowest BCUT2D eigenvalue weighted by Crippen LogP contribution is -2.16. The first kappa shape index (κ1) is 23.7. The number of methoxy groups -OCH3 is 1. The van der Waals surface area contributed by atoms with Gasteiger partial charge in [-0.15, -0.1) is 0 Å². The van der Waals surface area contributed by atoms with Gasteiger partial charge in [-0.05, 0) is 37.7 Å². The molecule has 0 amide bonds. The van der Waals surface area contributed by atoms with E-state index in [2.05, 4.69) is 43.6 Å². The van der Waals surface area contributed by atoms with Crippen LogP contribution in [-0.2, 0) is 4.74 Å². The summed E-state index contributed by atoms with van der Waals surface area (Å²) in [5.74, 6) is 0.904. The number of anilines is 1. The molecule has 3 N–H and O–H groups in total. The van der Waals surface area contributed by atoms with Gasteiger partial charge in [-0.25, -0.2) is 9.97 Å². The van der Waals surface area contributed by atoms with Crippen molar-refractivity contribution in [1.82, 2.24) is 25.3 Å². The molecule has 0 radical (unpaired) electrons. The summed E-state index contributed by atoms with van der Waals surface area (Å²) in [6.07, 6.45) is 4.24. The third kappa shape index (κ3) is 5.04. The van der Waals surface area contributed by atoms with Gasteiger partial charge in [0.1, 0.15) is 18.4 Å². The van der Waals surface area contributed by atoms with E-state index in [9.17, 15) is 5.11 Å². The molecule has 3 aromatic heterocycles. The van der Waals surface area contributed by atoms with Crippen molar-refractivity contribution in [2.75, 3.05) is 26.0 Å². The highest BCUT2D eigenvalue weighted by molar-refractivity contribution is 5.85. The van der Waals surface area contributed by atoms with Crippen molar-refractivity contribution in [2.45, 2.75) is 32.1 Å². The van der Waals surface area contributed by atoms with Crippen molar-refractivity contribution < 1.29 is 9.84 Å². The molecule has 176 valence electrons. The van der Waals surface area contributed by atoms with Gasteiger partial charge >= 0.3 is 0 Å². The third-order valence-electron chi connectivity index (χ3n) is 6.04. The Balaban J connectivity index is 1.53. The molecule has 8 nitrogen and oxygen atoms in total. The molecule has 34 heavy (non-hydrogen) atoms. The van der Waals surface area contributed by atoms with Crippen molar-refractivity contribution in [3.63, 3.8) is 0 Å². The SMILES string of the molecule is CNC(O)c1ccnc2c([C@H](C)CNc3cc(-c4ccnc([C@H](C)OC)c4)ncn3)cccc12. The Kier molecular flexibility index (Phi) is 7.42. The average Bonchev–Trinajstić information content (AvgIpc) is 2.90. The molecule has 0 bridgehead atoms. The number of fused-ring (bicyclic) bond motifs is 1. The van der Waals surface area contributed by atoms with Crippen LogP contribution in [0.2, 0.25) is 0 Å². The summed E-state index contributed by atoms with van der Waals surface area (Å²) >= 11 is 0. The maximum Gasteiger partial charge on any atom is 0.131 e. The fourth-order valence-corrected chi connectivity index (χ4v) is 3.94. The van der Waals surface area contributed by atoms with E-state index < -0.39 is 6.23 Å². The number of para-hydroxylation sites is 1. The lowest BCUT2D eigenvalue weighted by atomic mass is 9.96. The number of nitrogens with one attached hydrogen (secondary N) is 2. The van der Waals surface area contributed by atoms with E-state index in [0.29, 0.717) is 6.54 Å². The lowest BCUT2D eigenvalue weighted by molar-refractivity contribution is 0.116. The van der Waals surface area contributed by atoms with E-state index in [4.69, 9.17) is 4.74 Å². The Morgan fingerprint density at radius 3 is 2.59 bits per heavy atom. The molecule has 0 aliphatic heterocycles. The summed E-state index contributed by atoms with van der Waals surface area (Å²) < 4.78 is 5.38. The lowest BCUT2D eigenvalue weighted by Gasteiger charge is -2.18. The summed E-state index contributed by atoms with van der Waals surface area (Å²) in [6.45, 7) is 4.78. The molecule has 0 aliphatic carbocycles. The van der Waals surface area contributed by atoms with Crippen molar-refractivity contribution in [1.29, 1.82) is 0 Å². The molecule has 0 fully saturated rings. The average molecular weight is 459 g/mol. The van der Waals surface area contributed by atoms with Gasteiger partial charge in [-0.2, -0.15) is 0 Å². The number of ether oxygens (including phenoxy) is 1. The molecule has 4 aromatic rings. The molecular weight excluding hydrogens is 428 g/mol. The van der Waals surface area contributed by atoms with Crippen LogP contribution < -0.4 is 10.6 Å². The normalized spacial score (nSPS) is 14.0. The second-order valence-electron chi connectivity index (χ2n) is 8.25. The van der Waals surface area contributed by atoms with Gasteiger partial charge in [0.05, 0.1) is 23.0 Å². The van der Waals surface area contributed by atoms with Crippen LogP contribution >= 0.6 is 0 Å². The first-order valence-corrected chi connectivity index (χ1v) is 11.3. The fourth-order valence-electron chi connectivity index (χ4n) is 3.94. The van der Waals surface area contributed by atoms with E-state index in [-0.39, 0.29) is 12.0 Å². The standard InChI is InChI=1S/C26H30N6O2/c1-16(19-6-5-7-20-21(26(33)27-3)9-11-29-25(19)20)14-30-24-13-23(31-15-32-24)18-8-10-28-22(12-18)17(2)34-4/h5-13,15-17,26-27,33H,14H2,1-4H3,(H,30,31,32)/t16-,17+,26?/m1/s1. The number of hydrogen-bond acceptors (Lipinski definition) is 8.